The topological polar surface area (TPSA) is 70.7 Å². The molecule has 30 heavy (non-hydrogen) atoms. The largest absolute Gasteiger partial charge is 0.452 e. The Morgan fingerprint density at radius 3 is 2.60 bits per heavy atom. The fourth-order valence-electron chi connectivity index (χ4n) is 3.91. The zero-order valence-electron chi connectivity index (χ0n) is 16.3. The number of likely N-dealkylation sites (N-methyl/N-ethyl adjacent to an activating group) is 1. The van der Waals surface area contributed by atoms with Crippen molar-refractivity contribution in [1.82, 2.24) is 10.6 Å². The molecule has 0 spiro atoms. The van der Waals surface area contributed by atoms with Crippen molar-refractivity contribution >= 4 is 40.7 Å². The van der Waals surface area contributed by atoms with Crippen LogP contribution < -0.4 is 20.3 Å². The van der Waals surface area contributed by atoms with Gasteiger partial charge in [0.1, 0.15) is 11.6 Å². The van der Waals surface area contributed by atoms with Gasteiger partial charge in [-0.1, -0.05) is 29.3 Å². The molecule has 3 atom stereocenters. The molecule has 2 N–H and O–H groups in total. The summed E-state index contributed by atoms with van der Waals surface area (Å²) in [6.45, 7) is 1.92. The molecular weight excluding hydrogens is 432 g/mol. The highest BCUT2D eigenvalue weighted by Crippen LogP contribution is 2.44. The minimum Gasteiger partial charge on any atom is -0.452 e. The van der Waals surface area contributed by atoms with E-state index in [0.29, 0.717) is 18.5 Å². The summed E-state index contributed by atoms with van der Waals surface area (Å²) in [7, 11) is 1.61. The Kier molecular flexibility index (Phi) is 5.61. The van der Waals surface area contributed by atoms with Crippen LogP contribution >= 0.6 is 23.2 Å². The van der Waals surface area contributed by atoms with Crippen LogP contribution in [0.2, 0.25) is 10.0 Å². The molecule has 1 saturated heterocycles. The van der Waals surface area contributed by atoms with Crippen LogP contribution in [-0.4, -0.2) is 37.0 Å². The summed E-state index contributed by atoms with van der Waals surface area (Å²) in [5, 5.41) is 6.51. The molecular formula is C21H20Cl2FN3O3. The van der Waals surface area contributed by atoms with Crippen molar-refractivity contribution in [3.05, 3.63) is 51.8 Å². The number of anilines is 1. The summed E-state index contributed by atoms with van der Waals surface area (Å²) in [5.41, 5.74) is 1.31. The van der Waals surface area contributed by atoms with Crippen molar-refractivity contribution in [3.8, 4) is 11.5 Å². The number of hydrogen-bond donors (Lipinski definition) is 2. The Bertz CT molecular complexity index is 1030. The minimum atomic E-state index is -0.560. The van der Waals surface area contributed by atoms with E-state index in [0.717, 1.165) is 11.6 Å². The zero-order valence-corrected chi connectivity index (χ0v) is 17.9. The molecule has 4 rings (SSSR count). The number of rotatable bonds is 4. The number of nitrogens with one attached hydrogen (secondary N) is 2. The third-order valence-corrected chi connectivity index (χ3v) is 5.97. The first-order valence-electron chi connectivity index (χ1n) is 9.53. The Hall–Kier alpha value is -2.35. The lowest BCUT2D eigenvalue weighted by atomic mass is 9.96. The van der Waals surface area contributed by atoms with E-state index in [-0.39, 0.29) is 39.4 Å². The number of amides is 2. The molecule has 0 aromatic heterocycles. The summed E-state index contributed by atoms with van der Waals surface area (Å²) >= 11 is 12.5. The highest BCUT2D eigenvalue weighted by molar-refractivity contribution is 6.33. The number of halogens is 3. The number of carbonyl (C=O) groups is 2. The SMILES string of the molecule is CC1CC(N[C@@H]2Cc3ccc(Cl)c(Oc4cc(F)ccc4Cl)c3N(C)C2=O)C(=O)N1. The lowest BCUT2D eigenvalue weighted by Crippen LogP contribution is -2.54. The van der Waals surface area contributed by atoms with Crippen LogP contribution in [0.15, 0.2) is 30.3 Å². The van der Waals surface area contributed by atoms with Crippen molar-refractivity contribution in [3.63, 3.8) is 0 Å². The van der Waals surface area contributed by atoms with E-state index >= 15 is 0 Å². The van der Waals surface area contributed by atoms with E-state index < -0.39 is 17.9 Å². The van der Waals surface area contributed by atoms with Crippen LogP contribution in [0.3, 0.4) is 0 Å². The summed E-state index contributed by atoms with van der Waals surface area (Å²) in [4.78, 5) is 26.6. The summed E-state index contributed by atoms with van der Waals surface area (Å²) in [5.74, 6) is -0.502. The van der Waals surface area contributed by atoms with Crippen molar-refractivity contribution in [1.29, 1.82) is 0 Å². The quantitative estimate of drug-likeness (QED) is 0.743. The van der Waals surface area contributed by atoms with Gasteiger partial charge in [0, 0.05) is 19.2 Å². The Labute approximate surface area is 183 Å². The molecule has 0 radical (unpaired) electrons. The van der Waals surface area contributed by atoms with Gasteiger partial charge < -0.3 is 15.0 Å². The van der Waals surface area contributed by atoms with E-state index in [2.05, 4.69) is 10.6 Å². The van der Waals surface area contributed by atoms with Crippen LogP contribution in [0, 0.1) is 5.82 Å². The van der Waals surface area contributed by atoms with Gasteiger partial charge >= 0.3 is 0 Å². The van der Waals surface area contributed by atoms with E-state index in [1.54, 1.807) is 13.1 Å². The van der Waals surface area contributed by atoms with Gasteiger partial charge in [-0.3, -0.25) is 14.9 Å². The van der Waals surface area contributed by atoms with Gasteiger partial charge in [-0.15, -0.1) is 0 Å². The molecule has 9 heteroatoms. The van der Waals surface area contributed by atoms with E-state index in [9.17, 15) is 14.0 Å². The monoisotopic (exact) mass is 451 g/mol. The molecule has 2 amide bonds. The third kappa shape index (κ3) is 3.85. The molecule has 0 saturated carbocycles. The second-order valence-corrected chi connectivity index (χ2v) is 8.39. The number of ether oxygens (including phenoxy) is 1. The maximum absolute atomic E-state index is 13.7. The Morgan fingerprint density at radius 2 is 1.90 bits per heavy atom. The van der Waals surface area contributed by atoms with Crippen molar-refractivity contribution in [2.24, 2.45) is 0 Å². The number of hydrogen-bond acceptors (Lipinski definition) is 4. The van der Waals surface area contributed by atoms with Crippen molar-refractivity contribution < 1.29 is 18.7 Å². The maximum atomic E-state index is 13.7. The first kappa shape index (κ1) is 20.9. The number of fused-ring (bicyclic) bond motifs is 1. The van der Waals surface area contributed by atoms with Crippen LogP contribution in [0.1, 0.15) is 18.9 Å². The highest BCUT2D eigenvalue weighted by Gasteiger charge is 2.38. The van der Waals surface area contributed by atoms with E-state index in [1.165, 1.54) is 17.0 Å². The molecule has 1 fully saturated rings. The van der Waals surface area contributed by atoms with Gasteiger partial charge in [0.2, 0.25) is 11.8 Å². The number of nitrogens with zero attached hydrogens (tertiary/aromatic N) is 1. The second kappa shape index (κ2) is 8.06. The Balaban J connectivity index is 1.65. The van der Waals surface area contributed by atoms with E-state index in [1.807, 2.05) is 13.0 Å². The molecule has 2 heterocycles. The summed E-state index contributed by atoms with van der Waals surface area (Å²) in [6, 6.07) is 6.33. The van der Waals surface area contributed by atoms with Crippen molar-refractivity contribution in [2.75, 3.05) is 11.9 Å². The second-order valence-electron chi connectivity index (χ2n) is 7.58. The average molecular weight is 452 g/mol. The lowest BCUT2D eigenvalue weighted by Gasteiger charge is -2.34. The van der Waals surface area contributed by atoms with Gasteiger partial charge in [0.05, 0.1) is 27.8 Å². The molecule has 158 valence electrons. The first-order chi connectivity index (χ1) is 14.2. The third-order valence-electron chi connectivity index (χ3n) is 5.36. The molecule has 0 bridgehead atoms. The standard InChI is InChI=1S/C21H20Cl2FN3O3/c1-10-7-15(20(28)25-10)26-16-8-11-3-5-14(23)19(18(11)27(2)21(16)29)30-17-9-12(24)4-6-13(17)22/h3-6,9-10,15-16,26H,7-8H2,1-2H3,(H,25,28)/t10?,15?,16-/m1/s1. The normalized spacial score (nSPS) is 23.4. The molecule has 2 unspecified atom stereocenters. The Morgan fingerprint density at radius 1 is 1.17 bits per heavy atom. The van der Waals surface area contributed by atoms with E-state index in [4.69, 9.17) is 27.9 Å². The molecule has 2 aromatic carbocycles. The smallest absolute Gasteiger partial charge is 0.244 e. The summed E-state index contributed by atoms with van der Waals surface area (Å²) < 4.78 is 19.5. The molecule has 2 aliphatic rings. The fourth-order valence-corrected chi connectivity index (χ4v) is 4.26. The van der Waals surface area contributed by atoms with Gasteiger partial charge in [0.15, 0.2) is 5.75 Å². The summed E-state index contributed by atoms with van der Waals surface area (Å²) in [6.07, 6.45) is 0.979. The van der Waals surface area contributed by atoms with Crippen LogP contribution in [0.5, 0.6) is 11.5 Å². The van der Waals surface area contributed by atoms with Crippen LogP contribution in [0.4, 0.5) is 10.1 Å². The van der Waals surface area contributed by atoms with Crippen molar-refractivity contribution in [2.45, 2.75) is 37.9 Å². The minimum absolute atomic E-state index is 0.0635. The number of benzene rings is 2. The predicted octanol–water partition coefficient (Wildman–Crippen LogP) is 3.68. The fraction of sp³-hybridized carbons (Fsp3) is 0.333. The van der Waals surface area contributed by atoms with Gasteiger partial charge in [0.25, 0.3) is 0 Å². The average Bonchev–Trinajstić information content (AvgIpc) is 3.01. The first-order valence-corrected chi connectivity index (χ1v) is 10.3. The van der Waals surface area contributed by atoms with Crippen LogP contribution in [0.25, 0.3) is 0 Å². The van der Waals surface area contributed by atoms with Gasteiger partial charge in [-0.2, -0.15) is 0 Å². The zero-order chi connectivity index (χ0) is 21.6. The molecule has 2 aromatic rings. The number of carbonyl (C=O) groups excluding carboxylic acids is 2. The lowest BCUT2D eigenvalue weighted by molar-refractivity contribution is -0.123. The van der Waals surface area contributed by atoms with Gasteiger partial charge in [-0.05, 0) is 43.5 Å². The van der Waals surface area contributed by atoms with Gasteiger partial charge in [-0.25, -0.2) is 4.39 Å². The predicted molar refractivity (Wildman–Crippen MR) is 113 cm³/mol. The van der Waals surface area contributed by atoms with Crippen LogP contribution in [-0.2, 0) is 16.0 Å². The maximum Gasteiger partial charge on any atom is 0.244 e. The highest BCUT2D eigenvalue weighted by atomic mass is 35.5. The molecule has 2 aliphatic heterocycles. The molecule has 0 aliphatic carbocycles. The molecule has 6 nitrogen and oxygen atoms in total.